The van der Waals surface area contributed by atoms with Crippen LogP contribution in [-0.4, -0.2) is 20.4 Å². The third kappa shape index (κ3) is 3.13. The number of fused-ring (bicyclic) bond motifs is 3. The molecule has 4 nitrogen and oxygen atoms in total. The highest BCUT2D eigenvalue weighted by molar-refractivity contribution is 6.30. The Hall–Kier alpha value is -2.69. The van der Waals surface area contributed by atoms with Crippen LogP contribution in [0.1, 0.15) is 39.6 Å². The standard InChI is InChI=1S/C23H17Cl2N3O/c1-13-22(15-4-8-18(25)9-5-15)23-26-12-19-20(28(23)27-13)10-16(11-21(19)29)14-2-6-17(24)7-3-14/h2-9,12,16H,10-11H2,1H3. The van der Waals surface area contributed by atoms with E-state index in [1.165, 1.54) is 0 Å². The van der Waals surface area contributed by atoms with E-state index in [1.54, 1.807) is 6.20 Å². The summed E-state index contributed by atoms with van der Waals surface area (Å²) < 4.78 is 1.84. The predicted molar refractivity (Wildman–Crippen MR) is 115 cm³/mol. The molecule has 2 aromatic heterocycles. The molecule has 0 saturated heterocycles. The lowest BCUT2D eigenvalue weighted by Gasteiger charge is -2.24. The van der Waals surface area contributed by atoms with Crippen molar-refractivity contribution in [2.24, 2.45) is 0 Å². The maximum Gasteiger partial charge on any atom is 0.166 e. The smallest absolute Gasteiger partial charge is 0.166 e. The molecule has 144 valence electrons. The molecule has 0 aliphatic heterocycles. The van der Waals surface area contributed by atoms with E-state index >= 15 is 0 Å². The lowest BCUT2D eigenvalue weighted by atomic mass is 9.82. The van der Waals surface area contributed by atoms with E-state index in [-0.39, 0.29) is 11.7 Å². The second-order valence-corrected chi connectivity index (χ2v) is 8.27. The average Bonchev–Trinajstić information content (AvgIpc) is 3.05. The van der Waals surface area contributed by atoms with Gasteiger partial charge >= 0.3 is 0 Å². The number of ketones is 1. The molecule has 2 heterocycles. The van der Waals surface area contributed by atoms with Gasteiger partial charge < -0.3 is 0 Å². The lowest BCUT2D eigenvalue weighted by Crippen LogP contribution is -2.22. The fourth-order valence-corrected chi connectivity index (χ4v) is 4.38. The van der Waals surface area contributed by atoms with Gasteiger partial charge in [-0.15, -0.1) is 0 Å². The van der Waals surface area contributed by atoms with E-state index in [0.717, 1.165) is 40.1 Å². The first-order valence-corrected chi connectivity index (χ1v) is 10.2. The van der Waals surface area contributed by atoms with Gasteiger partial charge in [-0.2, -0.15) is 5.10 Å². The lowest BCUT2D eigenvalue weighted by molar-refractivity contribution is 0.0962. The first-order valence-electron chi connectivity index (χ1n) is 9.43. The number of aromatic nitrogens is 3. The minimum absolute atomic E-state index is 0.0985. The third-order valence-corrected chi connectivity index (χ3v) is 6.07. The van der Waals surface area contributed by atoms with Gasteiger partial charge in [-0.3, -0.25) is 4.79 Å². The zero-order chi connectivity index (χ0) is 20.1. The van der Waals surface area contributed by atoms with Gasteiger partial charge in [0.2, 0.25) is 0 Å². The van der Waals surface area contributed by atoms with Gasteiger partial charge in [0.05, 0.1) is 17.0 Å². The van der Waals surface area contributed by atoms with Crippen molar-refractivity contribution in [2.75, 3.05) is 0 Å². The van der Waals surface area contributed by atoms with Crippen LogP contribution >= 0.6 is 23.2 Å². The number of rotatable bonds is 2. The summed E-state index contributed by atoms with van der Waals surface area (Å²) in [5, 5.41) is 6.13. The van der Waals surface area contributed by atoms with E-state index < -0.39 is 0 Å². The van der Waals surface area contributed by atoms with E-state index in [2.05, 4.69) is 4.98 Å². The number of hydrogen-bond acceptors (Lipinski definition) is 3. The molecule has 1 aliphatic rings. The predicted octanol–water partition coefficient (Wildman–Crippen LogP) is 5.92. The molecule has 1 atom stereocenters. The Morgan fingerprint density at radius 3 is 2.31 bits per heavy atom. The van der Waals surface area contributed by atoms with Gasteiger partial charge in [0.15, 0.2) is 11.4 Å². The molecule has 5 rings (SSSR count). The van der Waals surface area contributed by atoms with Crippen molar-refractivity contribution in [3.8, 4) is 11.1 Å². The Labute approximate surface area is 178 Å². The molecular weight excluding hydrogens is 405 g/mol. The Morgan fingerprint density at radius 2 is 1.62 bits per heavy atom. The summed E-state index contributed by atoms with van der Waals surface area (Å²) in [4.78, 5) is 17.5. The van der Waals surface area contributed by atoms with Crippen LogP contribution < -0.4 is 0 Å². The van der Waals surface area contributed by atoms with Crippen LogP contribution in [0.4, 0.5) is 0 Å². The Morgan fingerprint density at radius 1 is 0.966 bits per heavy atom. The van der Waals surface area contributed by atoms with Crippen molar-refractivity contribution in [1.29, 1.82) is 0 Å². The minimum atomic E-state index is 0.0985. The van der Waals surface area contributed by atoms with Crippen LogP contribution in [0.25, 0.3) is 16.8 Å². The van der Waals surface area contributed by atoms with Gasteiger partial charge in [0, 0.05) is 28.2 Å². The molecule has 1 unspecified atom stereocenters. The molecule has 6 heteroatoms. The molecule has 0 fully saturated rings. The molecule has 29 heavy (non-hydrogen) atoms. The van der Waals surface area contributed by atoms with Crippen LogP contribution in [0.3, 0.4) is 0 Å². The molecule has 2 aromatic carbocycles. The highest BCUT2D eigenvalue weighted by atomic mass is 35.5. The van der Waals surface area contributed by atoms with E-state index in [4.69, 9.17) is 28.3 Å². The number of nitrogens with zero attached hydrogens (tertiary/aromatic N) is 3. The largest absolute Gasteiger partial charge is 0.294 e. The van der Waals surface area contributed by atoms with Crippen LogP contribution in [-0.2, 0) is 6.42 Å². The van der Waals surface area contributed by atoms with E-state index in [0.29, 0.717) is 22.0 Å². The highest BCUT2D eigenvalue weighted by Gasteiger charge is 2.30. The molecule has 4 aromatic rings. The second kappa shape index (κ2) is 6.97. The molecule has 0 amide bonds. The molecule has 0 saturated carbocycles. The zero-order valence-electron chi connectivity index (χ0n) is 15.7. The maximum absolute atomic E-state index is 12.9. The van der Waals surface area contributed by atoms with Gasteiger partial charge in [-0.1, -0.05) is 47.5 Å². The summed E-state index contributed by atoms with van der Waals surface area (Å²) in [5.41, 5.74) is 6.28. The summed E-state index contributed by atoms with van der Waals surface area (Å²) >= 11 is 12.1. The quantitative estimate of drug-likeness (QED) is 0.403. The number of hydrogen-bond donors (Lipinski definition) is 0. The molecule has 1 aliphatic carbocycles. The van der Waals surface area contributed by atoms with E-state index in [9.17, 15) is 4.79 Å². The van der Waals surface area contributed by atoms with Crippen LogP contribution in [0, 0.1) is 6.92 Å². The molecule has 0 N–H and O–H groups in total. The fraction of sp³-hybridized carbons (Fsp3) is 0.174. The number of benzene rings is 2. The Kier molecular flexibility index (Phi) is 4.41. The number of aryl methyl sites for hydroxylation is 1. The summed E-state index contributed by atoms with van der Waals surface area (Å²) in [6, 6.07) is 15.4. The van der Waals surface area contributed by atoms with Crippen LogP contribution in [0.15, 0.2) is 54.7 Å². The SMILES string of the molecule is Cc1nn2c3c(cnc2c1-c1ccc(Cl)cc1)C(=O)CC(c1ccc(Cl)cc1)C3. The highest BCUT2D eigenvalue weighted by Crippen LogP contribution is 2.35. The molecular formula is C23H17Cl2N3O. The second-order valence-electron chi connectivity index (χ2n) is 7.40. The van der Waals surface area contributed by atoms with Gasteiger partial charge in [0.1, 0.15) is 0 Å². The van der Waals surface area contributed by atoms with E-state index in [1.807, 2.05) is 60.0 Å². The number of carbonyl (C=O) groups is 1. The topological polar surface area (TPSA) is 47.3 Å². The number of halogens is 2. The summed E-state index contributed by atoms with van der Waals surface area (Å²) in [5.74, 6) is 0.197. The monoisotopic (exact) mass is 421 g/mol. The Bertz CT molecular complexity index is 1240. The van der Waals surface area contributed by atoms with Gasteiger partial charge in [-0.25, -0.2) is 9.50 Å². The van der Waals surface area contributed by atoms with Crippen molar-refractivity contribution in [1.82, 2.24) is 14.6 Å². The number of Topliss-reactive ketones (excluding diaryl/α,β-unsaturated/α-hetero) is 1. The first-order chi connectivity index (χ1) is 14.0. The van der Waals surface area contributed by atoms with Crippen molar-refractivity contribution >= 4 is 34.6 Å². The molecule has 0 bridgehead atoms. The summed E-state index contributed by atoms with van der Waals surface area (Å²) in [7, 11) is 0. The van der Waals surface area contributed by atoms with Gasteiger partial charge in [-0.05, 0) is 54.7 Å². The van der Waals surface area contributed by atoms with Crippen molar-refractivity contribution in [3.63, 3.8) is 0 Å². The van der Waals surface area contributed by atoms with Gasteiger partial charge in [0.25, 0.3) is 0 Å². The van der Waals surface area contributed by atoms with Crippen LogP contribution in [0.5, 0.6) is 0 Å². The summed E-state index contributed by atoms with van der Waals surface area (Å²) in [6.45, 7) is 1.96. The minimum Gasteiger partial charge on any atom is -0.294 e. The first kappa shape index (κ1) is 18.3. The molecule has 0 spiro atoms. The maximum atomic E-state index is 12.9. The summed E-state index contributed by atoms with van der Waals surface area (Å²) in [6.07, 6.45) is 2.89. The van der Waals surface area contributed by atoms with Crippen molar-refractivity contribution < 1.29 is 4.79 Å². The number of carbonyl (C=O) groups excluding carboxylic acids is 1. The zero-order valence-corrected chi connectivity index (χ0v) is 17.2. The average molecular weight is 422 g/mol. The normalized spacial score (nSPS) is 16.2. The van der Waals surface area contributed by atoms with Crippen molar-refractivity contribution in [3.05, 3.63) is 87.3 Å². The van der Waals surface area contributed by atoms with Crippen LogP contribution in [0.2, 0.25) is 10.0 Å². The van der Waals surface area contributed by atoms with Crippen molar-refractivity contribution in [2.45, 2.75) is 25.7 Å². The molecule has 0 radical (unpaired) electrons. The third-order valence-electron chi connectivity index (χ3n) is 5.56. The Balaban J connectivity index is 1.65. The fourth-order valence-electron chi connectivity index (χ4n) is 4.13.